The van der Waals surface area contributed by atoms with Crippen LogP contribution in [0.2, 0.25) is 5.02 Å². The molecule has 0 spiro atoms. The van der Waals surface area contributed by atoms with Crippen molar-refractivity contribution in [1.29, 1.82) is 0 Å². The van der Waals surface area contributed by atoms with E-state index in [-0.39, 0.29) is 5.75 Å². The molecule has 1 aromatic carbocycles. The molecule has 1 atom stereocenters. The van der Waals surface area contributed by atoms with Gasteiger partial charge in [-0.1, -0.05) is 11.6 Å². The van der Waals surface area contributed by atoms with Crippen LogP contribution in [0.15, 0.2) is 12.1 Å². The quantitative estimate of drug-likeness (QED) is 0.713. The molecule has 1 aliphatic rings. The van der Waals surface area contributed by atoms with Gasteiger partial charge in [-0.2, -0.15) is 0 Å². The van der Waals surface area contributed by atoms with Crippen LogP contribution in [0.1, 0.15) is 11.6 Å². The minimum atomic E-state index is 0.00793. The van der Waals surface area contributed by atoms with Gasteiger partial charge in [0, 0.05) is 12.6 Å². The number of hydrogen-bond acceptors (Lipinski definition) is 3. The first-order valence-electron chi connectivity index (χ1n) is 4.02. The number of rotatable bonds is 2. The van der Waals surface area contributed by atoms with E-state index in [0.717, 1.165) is 12.1 Å². The molecular weight excluding hydrogens is 190 g/mol. The Morgan fingerprint density at radius 3 is 2.85 bits per heavy atom. The summed E-state index contributed by atoms with van der Waals surface area (Å²) in [4.78, 5) is 0. The summed E-state index contributed by atoms with van der Waals surface area (Å²) >= 11 is 5.81. The smallest absolute Gasteiger partial charge is 0.176 e. The zero-order valence-corrected chi connectivity index (χ0v) is 7.93. The van der Waals surface area contributed by atoms with Crippen molar-refractivity contribution in [1.82, 2.24) is 5.32 Å². The molecule has 1 heterocycles. The number of benzene rings is 1. The van der Waals surface area contributed by atoms with Gasteiger partial charge in [0.2, 0.25) is 0 Å². The Bertz CT molecular complexity index is 337. The maximum Gasteiger partial charge on any atom is 0.176 e. The third-order valence-electron chi connectivity index (χ3n) is 2.08. The fraction of sp³-hybridized carbons (Fsp3) is 0.333. The summed E-state index contributed by atoms with van der Waals surface area (Å²) in [5, 5.41) is 12.9. The first-order chi connectivity index (χ1) is 6.22. The maximum absolute atomic E-state index is 9.45. The topological polar surface area (TPSA) is 51.4 Å². The number of halogens is 1. The Hall–Kier alpha value is -0.930. The van der Waals surface area contributed by atoms with E-state index in [1.807, 2.05) is 0 Å². The van der Waals surface area contributed by atoms with Gasteiger partial charge in [0.05, 0.1) is 12.1 Å². The van der Waals surface area contributed by atoms with Crippen molar-refractivity contribution in [2.45, 2.75) is 6.04 Å². The van der Waals surface area contributed by atoms with E-state index >= 15 is 0 Å². The average molecular weight is 200 g/mol. The van der Waals surface area contributed by atoms with E-state index in [1.165, 1.54) is 7.11 Å². The fourth-order valence-electron chi connectivity index (χ4n) is 1.25. The molecule has 0 radical (unpaired) electrons. The van der Waals surface area contributed by atoms with Crippen LogP contribution in [0.25, 0.3) is 0 Å². The number of phenolic OH excluding ortho intramolecular Hbond substituents is 1. The summed E-state index contributed by atoms with van der Waals surface area (Å²) in [5.41, 5.74) is 1.06. The standard InChI is InChI=1S/C9H10ClNO2/c1-13-8-3-5(7-4-11-7)2-6(10)9(8)12/h2-3,7,11-12H,4H2,1H3/t7-/m0/s1. The van der Waals surface area contributed by atoms with Crippen LogP contribution in [0, 0.1) is 0 Å². The molecule has 1 aromatic rings. The van der Waals surface area contributed by atoms with Gasteiger partial charge in [-0.25, -0.2) is 0 Å². The first-order valence-corrected chi connectivity index (χ1v) is 4.40. The second-order valence-corrected chi connectivity index (χ2v) is 3.42. The van der Waals surface area contributed by atoms with E-state index in [2.05, 4.69) is 5.32 Å². The highest BCUT2D eigenvalue weighted by Crippen LogP contribution is 2.38. The van der Waals surface area contributed by atoms with Crippen molar-refractivity contribution in [3.63, 3.8) is 0 Å². The van der Waals surface area contributed by atoms with Crippen molar-refractivity contribution < 1.29 is 9.84 Å². The molecule has 70 valence electrons. The van der Waals surface area contributed by atoms with Crippen molar-refractivity contribution in [2.75, 3.05) is 13.7 Å². The molecule has 0 bridgehead atoms. The summed E-state index contributed by atoms with van der Waals surface area (Å²) in [6.07, 6.45) is 0. The van der Waals surface area contributed by atoms with Crippen LogP contribution in [0.3, 0.4) is 0 Å². The number of ether oxygens (including phenoxy) is 1. The highest BCUT2D eigenvalue weighted by molar-refractivity contribution is 6.32. The molecule has 1 saturated heterocycles. The molecule has 13 heavy (non-hydrogen) atoms. The minimum absolute atomic E-state index is 0.00793. The lowest BCUT2D eigenvalue weighted by atomic mass is 10.1. The molecule has 1 aliphatic heterocycles. The third kappa shape index (κ3) is 1.57. The van der Waals surface area contributed by atoms with E-state index in [1.54, 1.807) is 12.1 Å². The van der Waals surface area contributed by atoms with Crippen LogP contribution in [-0.2, 0) is 0 Å². The molecule has 2 N–H and O–H groups in total. The van der Waals surface area contributed by atoms with Crippen LogP contribution in [-0.4, -0.2) is 18.8 Å². The number of nitrogens with one attached hydrogen (secondary N) is 1. The highest BCUT2D eigenvalue weighted by atomic mass is 35.5. The Morgan fingerprint density at radius 1 is 1.62 bits per heavy atom. The van der Waals surface area contributed by atoms with Gasteiger partial charge in [-0.3, -0.25) is 0 Å². The number of hydrogen-bond donors (Lipinski definition) is 2. The molecule has 0 saturated carbocycles. The van der Waals surface area contributed by atoms with Crippen LogP contribution < -0.4 is 10.1 Å². The molecule has 1 fully saturated rings. The molecule has 0 aliphatic carbocycles. The van der Waals surface area contributed by atoms with E-state index in [0.29, 0.717) is 16.8 Å². The van der Waals surface area contributed by atoms with Gasteiger partial charge >= 0.3 is 0 Å². The zero-order chi connectivity index (χ0) is 9.42. The van der Waals surface area contributed by atoms with Gasteiger partial charge < -0.3 is 15.2 Å². The summed E-state index contributed by atoms with van der Waals surface area (Å²) in [6, 6.07) is 3.92. The summed E-state index contributed by atoms with van der Waals surface area (Å²) < 4.78 is 4.98. The van der Waals surface area contributed by atoms with Crippen molar-refractivity contribution in [3.8, 4) is 11.5 Å². The Labute approximate surface area is 81.3 Å². The lowest BCUT2D eigenvalue weighted by molar-refractivity contribution is 0.373. The zero-order valence-electron chi connectivity index (χ0n) is 7.17. The normalized spacial score (nSPS) is 20.0. The second-order valence-electron chi connectivity index (χ2n) is 3.01. The van der Waals surface area contributed by atoms with Crippen LogP contribution in [0.4, 0.5) is 0 Å². The Balaban J connectivity index is 2.43. The van der Waals surface area contributed by atoms with Gasteiger partial charge in [0.1, 0.15) is 0 Å². The van der Waals surface area contributed by atoms with Gasteiger partial charge in [0.15, 0.2) is 11.5 Å². The van der Waals surface area contributed by atoms with Crippen LogP contribution >= 0.6 is 11.6 Å². The fourth-order valence-corrected chi connectivity index (χ4v) is 1.46. The molecule has 0 aromatic heterocycles. The van der Waals surface area contributed by atoms with Gasteiger partial charge in [-0.05, 0) is 17.7 Å². The SMILES string of the molecule is COc1cc([C@@H]2CN2)cc(Cl)c1O. The first kappa shape index (κ1) is 8.66. The number of phenols is 1. The van der Waals surface area contributed by atoms with Gasteiger partial charge in [-0.15, -0.1) is 0 Å². The molecule has 0 unspecified atom stereocenters. The number of aromatic hydroxyl groups is 1. The predicted molar refractivity (Wildman–Crippen MR) is 50.4 cm³/mol. The average Bonchev–Trinajstić information content (AvgIpc) is 2.92. The molecular formula is C9H10ClNO2. The molecule has 0 amide bonds. The van der Waals surface area contributed by atoms with Crippen LogP contribution in [0.5, 0.6) is 11.5 Å². The lowest BCUT2D eigenvalue weighted by Gasteiger charge is -2.07. The minimum Gasteiger partial charge on any atom is -0.503 e. The molecule has 3 nitrogen and oxygen atoms in total. The summed E-state index contributed by atoms with van der Waals surface area (Å²) in [6.45, 7) is 0.963. The maximum atomic E-state index is 9.45. The van der Waals surface area contributed by atoms with Gasteiger partial charge in [0.25, 0.3) is 0 Å². The third-order valence-corrected chi connectivity index (χ3v) is 2.37. The second kappa shape index (κ2) is 3.09. The van der Waals surface area contributed by atoms with Crippen molar-refractivity contribution >= 4 is 11.6 Å². The van der Waals surface area contributed by atoms with E-state index in [4.69, 9.17) is 16.3 Å². The number of methoxy groups -OCH3 is 1. The van der Waals surface area contributed by atoms with Crippen molar-refractivity contribution in [3.05, 3.63) is 22.7 Å². The summed E-state index contributed by atoms with van der Waals surface area (Å²) in [7, 11) is 1.51. The Morgan fingerprint density at radius 2 is 2.31 bits per heavy atom. The Kier molecular flexibility index (Phi) is 2.06. The largest absolute Gasteiger partial charge is 0.503 e. The van der Waals surface area contributed by atoms with E-state index in [9.17, 15) is 5.11 Å². The highest BCUT2D eigenvalue weighted by Gasteiger charge is 2.24. The van der Waals surface area contributed by atoms with Crippen molar-refractivity contribution in [2.24, 2.45) is 0 Å². The molecule has 4 heteroatoms. The predicted octanol–water partition coefficient (Wildman–Crippen LogP) is 1.70. The lowest BCUT2D eigenvalue weighted by Crippen LogP contribution is -1.89. The molecule has 2 rings (SSSR count). The monoisotopic (exact) mass is 199 g/mol. The summed E-state index contributed by atoms with van der Waals surface area (Å²) in [5.74, 6) is 0.435. The van der Waals surface area contributed by atoms with E-state index < -0.39 is 0 Å².